The van der Waals surface area contributed by atoms with Gasteiger partial charge in [-0.15, -0.1) is 0 Å². The number of amides is 3. The van der Waals surface area contributed by atoms with Crippen LogP contribution in [0.5, 0.6) is 5.75 Å². The highest BCUT2D eigenvalue weighted by atomic mass is 19.1. The van der Waals surface area contributed by atoms with Crippen molar-refractivity contribution in [3.8, 4) is 5.75 Å². The summed E-state index contributed by atoms with van der Waals surface area (Å²) in [5.41, 5.74) is 1.16. The molecule has 1 aliphatic rings. The lowest BCUT2D eigenvalue weighted by Crippen LogP contribution is -2.41. The van der Waals surface area contributed by atoms with Gasteiger partial charge in [0.05, 0.1) is 7.11 Å². The van der Waals surface area contributed by atoms with E-state index in [-0.39, 0.29) is 17.8 Å². The van der Waals surface area contributed by atoms with Crippen molar-refractivity contribution in [2.24, 2.45) is 5.92 Å². The zero-order chi connectivity index (χ0) is 20.6. The number of piperidine rings is 1. The minimum atomic E-state index is -0.331. The first-order chi connectivity index (χ1) is 14.0. The van der Waals surface area contributed by atoms with Gasteiger partial charge >= 0.3 is 6.03 Å². The Kier molecular flexibility index (Phi) is 7.05. The number of carbonyl (C=O) groups is 2. The maximum absolute atomic E-state index is 12.9. The number of ether oxygens (including phenoxy) is 1. The van der Waals surface area contributed by atoms with Crippen LogP contribution < -0.4 is 15.4 Å². The fraction of sp³-hybridized carbons (Fsp3) is 0.364. The number of nitrogens with one attached hydrogen (secondary N) is 2. The normalized spacial score (nSPS) is 14.3. The molecule has 0 spiro atoms. The van der Waals surface area contributed by atoms with Crippen molar-refractivity contribution < 1.29 is 18.7 Å². The quantitative estimate of drug-likeness (QED) is 0.774. The van der Waals surface area contributed by atoms with Gasteiger partial charge in [0.1, 0.15) is 11.6 Å². The van der Waals surface area contributed by atoms with Crippen molar-refractivity contribution in [1.29, 1.82) is 0 Å². The fourth-order valence-corrected chi connectivity index (χ4v) is 3.42. The third-order valence-corrected chi connectivity index (χ3v) is 5.17. The lowest BCUT2D eigenvalue weighted by molar-refractivity contribution is 0.0949. The van der Waals surface area contributed by atoms with Crippen LogP contribution in [-0.2, 0) is 0 Å². The van der Waals surface area contributed by atoms with Crippen molar-refractivity contribution in [2.75, 3.05) is 32.1 Å². The van der Waals surface area contributed by atoms with Crippen molar-refractivity contribution in [1.82, 2.24) is 10.2 Å². The topological polar surface area (TPSA) is 70.7 Å². The monoisotopic (exact) mass is 399 g/mol. The predicted molar refractivity (Wildman–Crippen MR) is 110 cm³/mol. The molecule has 2 N–H and O–H groups in total. The van der Waals surface area contributed by atoms with E-state index in [0.29, 0.717) is 42.6 Å². The third-order valence-electron chi connectivity index (χ3n) is 5.17. The smallest absolute Gasteiger partial charge is 0.321 e. The lowest BCUT2D eigenvalue weighted by Gasteiger charge is -2.32. The Balaban J connectivity index is 1.37. The van der Waals surface area contributed by atoms with Gasteiger partial charge in [-0.3, -0.25) is 4.79 Å². The first-order valence-corrected chi connectivity index (χ1v) is 9.79. The summed E-state index contributed by atoms with van der Waals surface area (Å²) >= 11 is 0. The van der Waals surface area contributed by atoms with Crippen LogP contribution in [-0.4, -0.2) is 43.6 Å². The number of carbonyl (C=O) groups excluding carboxylic acids is 2. The standard InChI is InChI=1S/C22H26FN3O3/c1-29-20-4-2-3-17(15-20)21(27)24-12-9-16-10-13-26(14-11-16)22(28)25-19-7-5-18(23)6-8-19/h2-8,15-16H,9-14H2,1H3,(H,24,27)(H,25,28). The lowest BCUT2D eigenvalue weighted by atomic mass is 9.93. The largest absolute Gasteiger partial charge is 0.497 e. The van der Waals surface area contributed by atoms with Crippen LogP contribution in [0, 0.1) is 11.7 Å². The number of anilines is 1. The van der Waals surface area contributed by atoms with Gasteiger partial charge in [0.25, 0.3) is 5.91 Å². The summed E-state index contributed by atoms with van der Waals surface area (Å²) in [6.07, 6.45) is 2.67. The van der Waals surface area contributed by atoms with Crippen LogP contribution in [0.25, 0.3) is 0 Å². The molecule has 7 heteroatoms. The van der Waals surface area contributed by atoms with Gasteiger partial charge < -0.3 is 20.3 Å². The summed E-state index contributed by atoms with van der Waals surface area (Å²) in [5.74, 6) is 0.682. The number of halogens is 1. The Bertz CT molecular complexity index is 833. The molecule has 0 atom stereocenters. The molecule has 1 heterocycles. The Morgan fingerprint density at radius 1 is 1.14 bits per heavy atom. The molecular weight excluding hydrogens is 373 g/mol. The molecule has 154 valence electrons. The minimum absolute atomic E-state index is 0.111. The molecule has 6 nitrogen and oxygen atoms in total. The van der Waals surface area contributed by atoms with Crippen LogP contribution in [0.2, 0.25) is 0 Å². The van der Waals surface area contributed by atoms with E-state index in [1.165, 1.54) is 12.1 Å². The van der Waals surface area contributed by atoms with Gasteiger partial charge in [-0.25, -0.2) is 9.18 Å². The third kappa shape index (κ3) is 5.94. The van der Waals surface area contributed by atoms with Crippen molar-refractivity contribution in [2.45, 2.75) is 19.3 Å². The Morgan fingerprint density at radius 2 is 1.86 bits per heavy atom. The summed E-state index contributed by atoms with van der Waals surface area (Å²) < 4.78 is 18.1. The molecule has 2 aromatic carbocycles. The number of methoxy groups -OCH3 is 1. The molecule has 3 amide bonds. The first kappa shape index (κ1) is 20.6. The second-order valence-electron chi connectivity index (χ2n) is 7.14. The Labute approximate surface area is 170 Å². The van der Waals surface area contributed by atoms with E-state index in [1.54, 1.807) is 48.4 Å². The Hall–Kier alpha value is -3.09. The van der Waals surface area contributed by atoms with E-state index in [1.807, 2.05) is 0 Å². The van der Waals surface area contributed by atoms with Crippen LogP contribution in [0.4, 0.5) is 14.9 Å². The average Bonchev–Trinajstić information content (AvgIpc) is 2.75. The molecule has 29 heavy (non-hydrogen) atoms. The minimum Gasteiger partial charge on any atom is -0.497 e. The fourth-order valence-electron chi connectivity index (χ4n) is 3.42. The van der Waals surface area contributed by atoms with Gasteiger partial charge in [0.15, 0.2) is 0 Å². The molecule has 0 saturated carbocycles. The van der Waals surface area contributed by atoms with E-state index in [2.05, 4.69) is 10.6 Å². The molecule has 3 rings (SSSR count). The van der Waals surface area contributed by atoms with Gasteiger partial charge in [0.2, 0.25) is 0 Å². The molecule has 0 radical (unpaired) electrons. The number of hydrogen-bond acceptors (Lipinski definition) is 3. The molecule has 0 unspecified atom stereocenters. The molecule has 0 aliphatic carbocycles. The number of benzene rings is 2. The maximum atomic E-state index is 12.9. The van der Waals surface area contributed by atoms with Crippen molar-refractivity contribution in [3.05, 3.63) is 59.9 Å². The van der Waals surface area contributed by atoms with E-state index >= 15 is 0 Å². The van der Waals surface area contributed by atoms with Crippen molar-refractivity contribution >= 4 is 17.6 Å². The van der Waals surface area contributed by atoms with Crippen LogP contribution >= 0.6 is 0 Å². The molecule has 1 fully saturated rings. The van der Waals surface area contributed by atoms with E-state index < -0.39 is 0 Å². The average molecular weight is 399 g/mol. The van der Waals surface area contributed by atoms with E-state index in [4.69, 9.17) is 4.74 Å². The zero-order valence-corrected chi connectivity index (χ0v) is 16.5. The van der Waals surface area contributed by atoms with Gasteiger partial charge in [-0.1, -0.05) is 6.07 Å². The van der Waals surface area contributed by atoms with Crippen LogP contribution in [0.3, 0.4) is 0 Å². The first-order valence-electron chi connectivity index (χ1n) is 9.79. The summed E-state index contributed by atoms with van der Waals surface area (Å²) in [4.78, 5) is 26.3. The predicted octanol–water partition coefficient (Wildman–Crippen LogP) is 3.90. The van der Waals surface area contributed by atoms with Gasteiger partial charge in [-0.05, 0) is 67.6 Å². The molecule has 0 bridgehead atoms. The summed E-state index contributed by atoms with van der Waals surface area (Å²) in [6.45, 7) is 1.94. The zero-order valence-electron chi connectivity index (χ0n) is 16.5. The second-order valence-corrected chi connectivity index (χ2v) is 7.14. The number of likely N-dealkylation sites (tertiary alicyclic amines) is 1. The van der Waals surface area contributed by atoms with E-state index in [9.17, 15) is 14.0 Å². The Morgan fingerprint density at radius 3 is 2.55 bits per heavy atom. The van der Waals surface area contributed by atoms with Gasteiger partial charge in [0, 0.05) is 30.9 Å². The highest BCUT2D eigenvalue weighted by molar-refractivity contribution is 5.94. The van der Waals surface area contributed by atoms with Gasteiger partial charge in [-0.2, -0.15) is 0 Å². The number of nitrogens with zero attached hydrogens (tertiary/aromatic N) is 1. The molecule has 1 saturated heterocycles. The summed E-state index contributed by atoms with van der Waals surface area (Å²) in [7, 11) is 1.57. The number of rotatable bonds is 6. The summed E-state index contributed by atoms with van der Waals surface area (Å²) in [6, 6.07) is 12.6. The highest BCUT2D eigenvalue weighted by Crippen LogP contribution is 2.21. The van der Waals surface area contributed by atoms with Crippen molar-refractivity contribution in [3.63, 3.8) is 0 Å². The summed E-state index contributed by atoms with van der Waals surface area (Å²) in [5, 5.41) is 5.74. The number of urea groups is 1. The molecule has 1 aliphatic heterocycles. The number of hydrogen-bond donors (Lipinski definition) is 2. The van der Waals surface area contributed by atoms with Crippen LogP contribution in [0.1, 0.15) is 29.6 Å². The SMILES string of the molecule is COc1cccc(C(=O)NCCC2CCN(C(=O)Nc3ccc(F)cc3)CC2)c1. The maximum Gasteiger partial charge on any atom is 0.321 e. The highest BCUT2D eigenvalue weighted by Gasteiger charge is 2.22. The molecule has 2 aromatic rings. The second kappa shape index (κ2) is 9.91. The van der Waals surface area contributed by atoms with Crippen LogP contribution in [0.15, 0.2) is 48.5 Å². The molecular formula is C22H26FN3O3. The van der Waals surface area contributed by atoms with E-state index in [0.717, 1.165) is 19.3 Å². The molecule has 0 aromatic heterocycles.